The second-order valence-corrected chi connectivity index (χ2v) is 7.93. The average molecular weight is 451 g/mol. The van der Waals surface area contributed by atoms with Crippen LogP contribution in [0.2, 0.25) is 10.0 Å². The maximum atomic E-state index is 13.2. The minimum atomic E-state index is -0.623. The van der Waals surface area contributed by atoms with Crippen LogP contribution in [0.15, 0.2) is 42.5 Å². The lowest BCUT2D eigenvalue weighted by Crippen LogP contribution is -2.48. The molecule has 2 aromatic rings. The van der Waals surface area contributed by atoms with Gasteiger partial charge in [-0.2, -0.15) is 0 Å². The Balaban J connectivity index is 2.20. The van der Waals surface area contributed by atoms with Gasteiger partial charge in [0, 0.05) is 13.1 Å². The summed E-state index contributed by atoms with van der Waals surface area (Å²) in [5.74, 6) is 0.401. The molecule has 0 aliphatic heterocycles. The van der Waals surface area contributed by atoms with E-state index in [0.29, 0.717) is 16.6 Å². The van der Waals surface area contributed by atoms with Gasteiger partial charge < -0.3 is 15.0 Å². The van der Waals surface area contributed by atoms with E-state index in [-0.39, 0.29) is 24.8 Å². The summed E-state index contributed by atoms with van der Waals surface area (Å²) < 4.78 is 5.17. The first-order valence-corrected chi connectivity index (χ1v) is 10.7. The van der Waals surface area contributed by atoms with E-state index in [1.165, 1.54) is 0 Å². The molecule has 0 fully saturated rings. The van der Waals surface area contributed by atoms with E-state index in [9.17, 15) is 9.59 Å². The Morgan fingerprint density at radius 1 is 1.07 bits per heavy atom. The molecule has 1 unspecified atom stereocenters. The molecular weight excluding hydrogens is 423 g/mol. The van der Waals surface area contributed by atoms with Crippen molar-refractivity contribution in [1.82, 2.24) is 10.2 Å². The molecule has 1 N–H and O–H groups in total. The number of halogens is 2. The molecule has 0 aliphatic rings. The van der Waals surface area contributed by atoms with E-state index < -0.39 is 6.04 Å². The summed E-state index contributed by atoms with van der Waals surface area (Å²) in [4.78, 5) is 27.4. The van der Waals surface area contributed by atoms with Crippen LogP contribution in [-0.2, 0) is 22.6 Å². The highest BCUT2D eigenvalue weighted by atomic mass is 35.5. The van der Waals surface area contributed by atoms with E-state index in [2.05, 4.69) is 12.2 Å². The zero-order valence-corrected chi connectivity index (χ0v) is 19.1. The third kappa shape index (κ3) is 6.92. The predicted molar refractivity (Wildman–Crippen MR) is 121 cm³/mol. The zero-order chi connectivity index (χ0) is 22.1. The van der Waals surface area contributed by atoms with Gasteiger partial charge in [-0.25, -0.2) is 0 Å². The van der Waals surface area contributed by atoms with E-state index in [1.807, 2.05) is 30.3 Å². The van der Waals surface area contributed by atoms with Gasteiger partial charge in [0.15, 0.2) is 0 Å². The van der Waals surface area contributed by atoms with Crippen molar-refractivity contribution < 1.29 is 14.3 Å². The molecule has 2 rings (SSSR count). The number of rotatable bonds is 10. The zero-order valence-electron chi connectivity index (χ0n) is 17.6. The number of hydrogen-bond acceptors (Lipinski definition) is 3. The average Bonchev–Trinajstić information content (AvgIpc) is 2.74. The molecule has 2 amide bonds. The Kier molecular flexibility index (Phi) is 9.47. The van der Waals surface area contributed by atoms with Gasteiger partial charge in [0.2, 0.25) is 11.8 Å². The van der Waals surface area contributed by atoms with E-state index in [1.54, 1.807) is 31.1 Å². The van der Waals surface area contributed by atoms with Gasteiger partial charge in [-0.1, -0.05) is 54.7 Å². The van der Waals surface area contributed by atoms with Crippen LogP contribution in [0.3, 0.4) is 0 Å². The van der Waals surface area contributed by atoms with Crippen LogP contribution in [-0.4, -0.2) is 36.4 Å². The first kappa shape index (κ1) is 24.0. The third-order valence-corrected chi connectivity index (χ3v) is 5.59. The van der Waals surface area contributed by atoms with E-state index >= 15 is 0 Å². The number of amides is 2. The standard InChI is InChI=1S/C23H28Cl2N2O3/c1-4-5-12-26-23(29)16(2)27(15-18-8-11-20(24)21(25)13-18)22(28)14-17-6-9-19(30-3)10-7-17/h6-11,13,16H,4-5,12,14-15H2,1-3H3,(H,26,29). The first-order chi connectivity index (χ1) is 14.3. The Hall–Kier alpha value is -2.24. The topological polar surface area (TPSA) is 58.6 Å². The van der Waals surface area contributed by atoms with Crippen molar-refractivity contribution in [2.24, 2.45) is 0 Å². The molecule has 1 atom stereocenters. The van der Waals surface area contributed by atoms with Crippen molar-refractivity contribution in [3.63, 3.8) is 0 Å². The Labute approximate surface area is 188 Å². The van der Waals surface area contributed by atoms with Crippen LogP contribution in [0.5, 0.6) is 5.75 Å². The molecular formula is C23H28Cl2N2O3. The Morgan fingerprint density at radius 2 is 1.73 bits per heavy atom. The van der Waals surface area contributed by atoms with Crippen LogP contribution in [0.25, 0.3) is 0 Å². The molecule has 0 spiro atoms. The van der Waals surface area contributed by atoms with Crippen LogP contribution < -0.4 is 10.1 Å². The smallest absolute Gasteiger partial charge is 0.242 e. The number of hydrogen-bond donors (Lipinski definition) is 1. The lowest BCUT2D eigenvalue weighted by atomic mass is 10.1. The second kappa shape index (κ2) is 11.8. The Morgan fingerprint density at radius 3 is 2.33 bits per heavy atom. The fraction of sp³-hybridized carbons (Fsp3) is 0.391. The number of unbranched alkanes of at least 4 members (excludes halogenated alkanes) is 1. The highest BCUT2D eigenvalue weighted by Crippen LogP contribution is 2.24. The summed E-state index contributed by atoms with van der Waals surface area (Å²) in [6.45, 7) is 4.65. The number of benzene rings is 2. The summed E-state index contributed by atoms with van der Waals surface area (Å²) in [7, 11) is 1.60. The first-order valence-electron chi connectivity index (χ1n) is 9.99. The van der Waals surface area contributed by atoms with Gasteiger partial charge >= 0.3 is 0 Å². The van der Waals surface area contributed by atoms with E-state index in [4.69, 9.17) is 27.9 Å². The molecule has 162 valence electrons. The molecule has 2 aromatic carbocycles. The lowest BCUT2D eigenvalue weighted by molar-refractivity contribution is -0.140. The van der Waals surface area contributed by atoms with Gasteiger partial charge in [-0.15, -0.1) is 0 Å². The predicted octanol–water partition coefficient (Wildman–Crippen LogP) is 4.88. The molecule has 0 radical (unpaired) electrons. The Bertz CT molecular complexity index is 856. The summed E-state index contributed by atoms with van der Waals surface area (Å²) in [5.41, 5.74) is 1.65. The third-order valence-electron chi connectivity index (χ3n) is 4.85. The van der Waals surface area contributed by atoms with Crippen LogP contribution in [0, 0.1) is 0 Å². The summed E-state index contributed by atoms with van der Waals surface area (Å²) in [5, 5.41) is 3.77. The lowest BCUT2D eigenvalue weighted by Gasteiger charge is -2.29. The molecule has 30 heavy (non-hydrogen) atoms. The second-order valence-electron chi connectivity index (χ2n) is 7.12. The molecule has 0 aliphatic carbocycles. The van der Waals surface area contributed by atoms with Gasteiger partial charge in [0.25, 0.3) is 0 Å². The van der Waals surface area contributed by atoms with Crippen molar-refractivity contribution >= 4 is 35.0 Å². The van der Waals surface area contributed by atoms with Crippen LogP contribution in [0.4, 0.5) is 0 Å². The highest BCUT2D eigenvalue weighted by molar-refractivity contribution is 6.42. The van der Waals surface area contributed by atoms with Crippen molar-refractivity contribution in [2.75, 3.05) is 13.7 Å². The summed E-state index contributed by atoms with van der Waals surface area (Å²) >= 11 is 12.1. The number of carbonyl (C=O) groups is 2. The maximum absolute atomic E-state index is 13.2. The molecule has 5 nitrogen and oxygen atoms in total. The number of carbonyl (C=O) groups excluding carboxylic acids is 2. The monoisotopic (exact) mass is 450 g/mol. The molecule has 0 aromatic heterocycles. The highest BCUT2D eigenvalue weighted by Gasteiger charge is 2.26. The van der Waals surface area contributed by atoms with Crippen LogP contribution >= 0.6 is 23.2 Å². The van der Waals surface area contributed by atoms with Crippen molar-refractivity contribution in [2.45, 2.75) is 45.7 Å². The van der Waals surface area contributed by atoms with Crippen molar-refractivity contribution in [3.05, 3.63) is 63.6 Å². The number of nitrogens with zero attached hydrogens (tertiary/aromatic N) is 1. The number of methoxy groups -OCH3 is 1. The normalized spacial score (nSPS) is 11.6. The molecule has 0 saturated heterocycles. The largest absolute Gasteiger partial charge is 0.497 e. The van der Waals surface area contributed by atoms with E-state index in [0.717, 1.165) is 29.7 Å². The van der Waals surface area contributed by atoms with Gasteiger partial charge in [0.1, 0.15) is 11.8 Å². The number of ether oxygens (including phenoxy) is 1. The van der Waals surface area contributed by atoms with Crippen molar-refractivity contribution in [1.29, 1.82) is 0 Å². The summed E-state index contributed by atoms with van der Waals surface area (Å²) in [6, 6.07) is 11.9. The SMILES string of the molecule is CCCCNC(=O)C(C)N(Cc1ccc(Cl)c(Cl)c1)C(=O)Cc1ccc(OC)cc1. The minimum Gasteiger partial charge on any atom is -0.497 e. The van der Waals surface area contributed by atoms with Gasteiger partial charge in [-0.05, 0) is 48.7 Å². The maximum Gasteiger partial charge on any atom is 0.242 e. The quantitative estimate of drug-likeness (QED) is 0.524. The molecule has 0 heterocycles. The fourth-order valence-electron chi connectivity index (χ4n) is 2.97. The minimum absolute atomic E-state index is 0.149. The summed E-state index contributed by atoms with van der Waals surface area (Å²) in [6.07, 6.45) is 2.06. The van der Waals surface area contributed by atoms with Crippen LogP contribution in [0.1, 0.15) is 37.8 Å². The van der Waals surface area contributed by atoms with Gasteiger partial charge in [0.05, 0.1) is 23.6 Å². The van der Waals surface area contributed by atoms with Crippen molar-refractivity contribution in [3.8, 4) is 5.75 Å². The number of nitrogens with one attached hydrogen (secondary N) is 1. The molecule has 0 bridgehead atoms. The molecule has 0 saturated carbocycles. The fourth-order valence-corrected chi connectivity index (χ4v) is 3.29. The molecule has 7 heteroatoms. The van der Waals surface area contributed by atoms with Gasteiger partial charge in [-0.3, -0.25) is 9.59 Å².